The summed E-state index contributed by atoms with van der Waals surface area (Å²) in [7, 11) is 0. The van der Waals surface area contributed by atoms with Crippen molar-refractivity contribution in [2.75, 3.05) is 4.90 Å². The minimum absolute atomic E-state index is 0.258. The topological polar surface area (TPSA) is 38.8 Å². The van der Waals surface area contributed by atoms with Crippen molar-refractivity contribution >= 4 is 23.0 Å². The van der Waals surface area contributed by atoms with Gasteiger partial charge in [0.05, 0.1) is 5.41 Å². The standard InChI is InChI=1S/C49H51NO3/c1-9-48(6,7)53-45-33-23-40(24-34-45)49(8,39-21-31-44(32-22-39)52-46(51)47(3,4)5)38-19-29-43(30-20-38)50(41-25-15-35(2)16-26-41)42-27-17-37(18-28-42)36-13-11-10-12-14-36/h10-34H,9H2,1-8H3. The van der Waals surface area contributed by atoms with Gasteiger partial charge in [-0.25, -0.2) is 0 Å². The van der Waals surface area contributed by atoms with Crippen LogP contribution in [0.4, 0.5) is 17.1 Å². The van der Waals surface area contributed by atoms with Crippen molar-refractivity contribution in [3.63, 3.8) is 0 Å². The lowest BCUT2D eigenvalue weighted by Gasteiger charge is -2.33. The van der Waals surface area contributed by atoms with Gasteiger partial charge in [0.25, 0.3) is 0 Å². The molecule has 0 heterocycles. The van der Waals surface area contributed by atoms with E-state index in [1.54, 1.807) is 0 Å². The number of carbonyl (C=O) groups is 1. The highest BCUT2D eigenvalue weighted by Gasteiger charge is 2.32. The first-order chi connectivity index (χ1) is 25.3. The van der Waals surface area contributed by atoms with Crippen LogP contribution in [0.3, 0.4) is 0 Å². The number of nitrogens with zero attached hydrogens (tertiary/aromatic N) is 1. The van der Waals surface area contributed by atoms with Crippen molar-refractivity contribution in [3.8, 4) is 22.6 Å². The third-order valence-electron chi connectivity index (χ3n) is 10.2. The number of benzene rings is 6. The third-order valence-corrected chi connectivity index (χ3v) is 10.2. The van der Waals surface area contributed by atoms with E-state index in [0.29, 0.717) is 5.75 Å². The number of rotatable bonds is 11. The van der Waals surface area contributed by atoms with Crippen LogP contribution < -0.4 is 14.4 Å². The molecule has 0 bridgehead atoms. The molecule has 6 aromatic carbocycles. The summed E-state index contributed by atoms with van der Waals surface area (Å²) in [6.07, 6.45) is 0.904. The number of hydrogen-bond donors (Lipinski definition) is 0. The number of anilines is 3. The summed E-state index contributed by atoms with van der Waals surface area (Å²) in [4.78, 5) is 15.0. The SMILES string of the molecule is CCC(C)(C)Oc1ccc(C(C)(c2ccc(OC(=O)C(C)(C)C)cc2)c2ccc(N(c3ccc(C)cc3)c3ccc(-c4ccccc4)cc3)cc2)cc1. The third kappa shape index (κ3) is 8.39. The maximum Gasteiger partial charge on any atom is 0.316 e. The predicted molar refractivity (Wildman–Crippen MR) is 220 cm³/mol. The number of hydrogen-bond acceptors (Lipinski definition) is 4. The average molecular weight is 702 g/mol. The molecule has 0 aliphatic carbocycles. The zero-order valence-corrected chi connectivity index (χ0v) is 32.3. The Morgan fingerprint density at radius 3 is 1.42 bits per heavy atom. The van der Waals surface area contributed by atoms with Crippen LogP contribution in [0.2, 0.25) is 0 Å². The largest absolute Gasteiger partial charge is 0.488 e. The van der Waals surface area contributed by atoms with E-state index in [-0.39, 0.29) is 11.6 Å². The molecule has 4 nitrogen and oxygen atoms in total. The summed E-state index contributed by atoms with van der Waals surface area (Å²) in [5, 5.41) is 0. The zero-order chi connectivity index (χ0) is 37.8. The van der Waals surface area contributed by atoms with Crippen LogP contribution in [0.5, 0.6) is 11.5 Å². The number of esters is 1. The maximum absolute atomic E-state index is 12.7. The van der Waals surface area contributed by atoms with Crippen molar-refractivity contribution in [2.24, 2.45) is 5.41 Å². The van der Waals surface area contributed by atoms with Gasteiger partial charge in [0, 0.05) is 22.5 Å². The molecule has 6 rings (SSSR count). The molecule has 4 heteroatoms. The van der Waals surface area contributed by atoms with Crippen LogP contribution >= 0.6 is 0 Å². The quantitative estimate of drug-likeness (QED) is 0.0766. The van der Waals surface area contributed by atoms with Crippen LogP contribution in [0.25, 0.3) is 11.1 Å². The lowest BCUT2D eigenvalue weighted by atomic mass is 9.71. The second kappa shape index (κ2) is 15.2. The van der Waals surface area contributed by atoms with E-state index in [1.807, 2.05) is 39.0 Å². The highest BCUT2D eigenvalue weighted by atomic mass is 16.5. The van der Waals surface area contributed by atoms with E-state index in [2.05, 4.69) is 173 Å². The summed E-state index contributed by atoms with van der Waals surface area (Å²) in [6.45, 7) is 16.3. The molecule has 0 aromatic heterocycles. The fraction of sp³-hybridized carbons (Fsp3) is 0.245. The molecule has 0 fully saturated rings. The van der Waals surface area contributed by atoms with Gasteiger partial charge < -0.3 is 14.4 Å². The molecule has 1 unspecified atom stereocenters. The van der Waals surface area contributed by atoms with Gasteiger partial charge in [-0.1, -0.05) is 103 Å². The van der Waals surface area contributed by atoms with Crippen molar-refractivity contribution in [1.29, 1.82) is 0 Å². The molecule has 0 aliphatic heterocycles. The predicted octanol–water partition coefficient (Wildman–Crippen LogP) is 13.0. The van der Waals surface area contributed by atoms with Crippen LogP contribution in [0.15, 0.2) is 152 Å². The Labute approximate surface area is 316 Å². The summed E-state index contributed by atoms with van der Waals surface area (Å²) >= 11 is 0. The Balaban J connectivity index is 1.40. The lowest BCUT2D eigenvalue weighted by molar-refractivity contribution is -0.143. The second-order valence-electron chi connectivity index (χ2n) is 15.7. The lowest BCUT2D eigenvalue weighted by Crippen LogP contribution is -2.27. The van der Waals surface area contributed by atoms with Gasteiger partial charge in [-0.15, -0.1) is 0 Å². The van der Waals surface area contributed by atoms with E-state index in [9.17, 15) is 4.79 Å². The summed E-state index contributed by atoms with van der Waals surface area (Å²) < 4.78 is 12.1. The van der Waals surface area contributed by atoms with Gasteiger partial charge in [-0.05, 0) is 143 Å². The van der Waals surface area contributed by atoms with E-state index < -0.39 is 10.8 Å². The van der Waals surface area contributed by atoms with E-state index in [0.717, 1.165) is 45.9 Å². The van der Waals surface area contributed by atoms with Gasteiger partial charge in [-0.3, -0.25) is 4.79 Å². The number of carbonyl (C=O) groups excluding carboxylic acids is 1. The van der Waals surface area contributed by atoms with Gasteiger partial charge >= 0.3 is 5.97 Å². The molecule has 0 N–H and O–H groups in total. The molecule has 0 saturated carbocycles. The summed E-state index contributed by atoms with van der Waals surface area (Å²) in [5.41, 5.74) is 8.76. The smallest absolute Gasteiger partial charge is 0.316 e. The maximum atomic E-state index is 12.7. The van der Waals surface area contributed by atoms with E-state index in [4.69, 9.17) is 9.47 Å². The number of ether oxygens (including phenoxy) is 2. The van der Waals surface area contributed by atoms with Crippen molar-refractivity contribution in [2.45, 2.75) is 72.8 Å². The first kappa shape index (κ1) is 37.2. The van der Waals surface area contributed by atoms with Gasteiger partial charge in [0.15, 0.2) is 0 Å². The Morgan fingerprint density at radius 2 is 0.943 bits per heavy atom. The van der Waals surface area contributed by atoms with E-state index >= 15 is 0 Å². The molecular formula is C49H51NO3. The monoisotopic (exact) mass is 701 g/mol. The first-order valence-corrected chi connectivity index (χ1v) is 18.5. The minimum Gasteiger partial charge on any atom is -0.488 e. The number of aryl methyl sites for hydroxylation is 1. The van der Waals surface area contributed by atoms with Crippen molar-refractivity contribution in [3.05, 3.63) is 174 Å². The molecule has 0 aliphatic rings. The molecule has 270 valence electrons. The summed E-state index contributed by atoms with van der Waals surface area (Å²) in [6, 6.07) is 53.1. The fourth-order valence-electron chi connectivity index (χ4n) is 6.38. The normalized spacial score (nSPS) is 12.8. The van der Waals surface area contributed by atoms with Crippen LogP contribution in [-0.2, 0) is 10.2 Å². The van der Waals surface area contributed by atoms with Gasteiger partial charge in [0.2, 0.25) is 0 Å². The summed E-state index contributed by atoms with van der Waals surface area (Å²) in [5.74, 6) is 1.11. The highest BCUT2D eigenvalue weighted by molar-refractivity contribution is 5.79. The fourth-order valence-corrected chi connectivity index (χ4v) is 6.38. The van der Waals surface area contributed by atoms with Crippen LogP contribution in [0, 0.1) is 12.3 Å². The van der Waals surface area contributed by atoms with E-state index in [1.165, 1.54) is 16.7 Å². The highest BCUT2D eigenvalue weighted by Crippen LogP contribution is 2.43. The second-order valence-corrected chi connectivity index (χ2v) is 15.7. The van der Waals surface area contributed by atoms with Crippen molar-refractivity contribution < 1.29 is 14.3 Å². The molecule has 1 atom stereocenters. The molecule has 0 amide bonds. The molecule has 0 spiro atoms. The zero-order valence-electron chi connectivity index (χ0n) is 32.3. The Kier molecular flexibility index (Phi) is 10.6. The Hall–Kier alpha value is -5.61. The molecule has 0 radical (unpaired) electrons. The molecule has 53 heavy (non-hydrogen) atoms. The average Bonchev–Trinajstić information content (AvgIpc) is 3.16. The van der Waals surface area contributed by atoms with Gasteiger partial charge in [-0.2, -0.15) is 0 Å². The minimum atomic E-state index is -0.596. The first-order valence-electron chi connectivity index (χ1n) is 18.5. The molecule has 6 aromatic rings. The molecular weight excluding hydrogens is 651 g/mol. The Morgan fingerprint density at radius 1 is 0.528 bits per heavy atom. The van der Waals surface area contributed by atoms with Crippen LogP contribution in [-0.4, -0.2) is 11.6 Å². The van der Waals surface area contributed by atoms with Crippen LogP contribution in [0.1, 0.15) is 77.1 Å². The Bertz CT molecular complexity index is 2110. The van der Waals surface area contributed by atoms with Crippen molar-refractivity contribution in [1.82, 2.24) is 0 Å². The molecule has 0 saturated heterocycles. The van der Waals surface area contributed by atoms with Gasteiger partial charge in [0.1, 0.15) is 17.1 Å².